The molecule has 0 saturated heterocycles. The summed E-state index contributed by atoms with van der Waals surface area (Å²) in [5.41, 5.74) is 0.401. The summed E-state index contributed by atoms with van der Waals surface area (Å²) < 4.78 is 34.1. The van der Waals surface area contributed by atoms with Crippen LogP contribution in [0.3, 0.4) is 0 Å². The van der Waals surface area contributed by atoms with E-state index in [1.807, 2.05) is 0 Å². The molecule has 6 heteroatoms. The zero-order chi connectivity index (χ0) is 9.99. The maximum absolute atomic E-state index is 11.4. The van der Waals surface area contributed by atoms with Crippen molar-refractivity contribution in [2.75, 3.05) is 0 Å². The Bertz CT molecular complexity index is 171. The van der Waals surface area contributed by atoms with Crippen LogP contribution in [0.15, 0.2) is 0 Å². The molecule has 0 radical (unpaired) electrons. The molecule has 0 aromatic heterocycles. The zero-order valence-corrected chi connectivity index (χ0v) is 6.95. The van der Waals surface area contributed by atoms with E-state index in [1.54, 1.807) is 0 Å². The molecule has 3 nitrogen and oxygen atoms in total. The second kappa shape index (κ2) is 3.30. The van der Waals surface area contributed by atoms with Gasteiger partial charge < -0.3 is 0 Å². The summed E-state index contributed by atoms with van der Waals surface area (Å²) in [6.07, 6.45) is -4.83. The Kier molecular flexibility index (Phi) is 3.09. The minimum atomic E-state index is -4.83. The quantitative estimate of drug-likeness (QED) is 0.630. The number of hydrogen-bond acceptors (Lipinski definition) is 2. The van der Waals surface area contributed by atoms with Gasteiger partial charge in [-0.05, 0) is 0 Å². The van der Waals surface area contributed by atoms with Crippen molar-refractivity contribution in [2.24, 2.45) is 5.41 Å². The third-order valence-corrected chi connectivity index (χ3v) is 0.941. The molecule has 0 aliphatic heterocycles. The fourth-order valence-corrected chi connectivity index (χ4v) is 0.257. The van der Waals surface area contributed by atoms with Gasteiger partial charge in [0, 0.05) is 5.41 Å². The molecule has 0 rings (SSSR count). The van der Waals surface area contributed by atoms with Crippen molar-refractivity contribution in [3.63, 3.8) is 0 Å². The fraction of sp³-hybridized carbons (Fsp3) is 0.833. The number of nitrogens with one attached hydrogen (secondary N) is 1. The average molecular weight is 185 g/mol. The first-order valence-electron chi connectivity index (χ1n) is 3.18. The van der Waals surface area contributed by atoms with Crippen LogP contribution in [-0.4, -0.2) is 12.3 Å². The Labute approximate surface area is 67.8 Å². The topological polar surface area (TPSA) is 38.3 Å². The molecule has 1 amide bonds. The lowest BCUT2D eigenvalue weighted by Crippen LogP contribution is -2.38. The molecule has 12 heavy (non-hydrogen) atoms. The number of hydrogen-bond donors (Lipinski definition) is 1. The highest BCUT2D eigenvalue weighted by Crippen LogP contribution is 2.17. The van der Waals surface area contributed by atoms with Gasteiger partial charge in [0.25, 0.3) is 0 Å². The summed E-state index contributed by atoms with van der Waals surface area (Å²) in [6, 6.07) is 0. The minimum absolute atomic E-state index is 0.820. The molecule has 0 aliphatic carbocycles. The number of alkyl halides is 3. The lowest BCUT2D eigenvalue weighted by Gasteiger charge is -2.17. The first-order chi connectivity index (χ1) is 5.13. The molecule has 0 spiro atoms. The summed E-state index contributed by atoms with van der Waals surface area (Å²) >= 11 is 0. The van der Waals surface area contributed by atoms with Crippen LogP contribution in [0.1, 0.15) is 20.8 Å². The second-order valence-electron chi connectivity index (χ2n) is 3.23. The van der Waals surface area contributed by atoms with Crippen LogP contribution in [0.5, 0.6) is 0 Å². The molecule has 0 aromatic carbocycles. The number of carbonyl (C=O) groups is 1. The summed E-state index contributed by atoms with van der Waals surface area (Å²) in [7, 11) is 0. The molecule has 0 fully saturated rings. The molecule has 0 unspecified atom stereocenters. The third kappa shape index (κ3) is 4.95. The van der Waals surface area contributed by atoms with Crippen molar-refractivity contribution < 1.29 is 22.8 Å². The van der Waals surface area contributed by atoms with Crippen LogP contribution >= 0.6 is 0 Å². The highest BCUT2D eigenvalue weighted by atomic mass is 19.4. The average Bonchev–Trinajstić information content (AvgIpc) is 1.78. The van der Waals surface area contributed by atoms with Gasteiger partial charge in [-0.2, -0.15) is 4.84 Å². The van der Waals surface area contributed by atoms with E-state index < -0.39 is 17.7 Å². The largest absolute Gasteiger partial charge is 0.543 e. The summed E-state index contributed by atoms with van der Waals surface area (Å²) in [6.45, 7) is 4.42. The first kappa shape index (κ1) is 11.2. The van der Waals surface area contributed by atoms with Gasteiger partial charge in [0.2, 0.25) is 5.91 Å². The van der Waals surface area contributed by atoms with E-state index in [0.717, 1.165) is 0 Å². The highest BCUT2D eigenvalue weighted by molar-refractivity contribution is 5.80. The van der Waals surface area contributed by atoms with E-state index >= 15 is 0 Å². The van der Waals surface area contributed by atoms with E-state index in [9.17, 15) is 18.0 Å². The van der Waals surface area contributed by atoms with Gasteiger partial charge in [0.1, 0.15) is 0 Å². The molecular weight excluding hydrogens is 175 g/mol. The molecular formula is C6H10F3NO2. The molecule has 0 aromatic rings. The summed E-state index contributed by atoms with van der Waals surface area (Å²) in [4.78, 5) is 13.9. The van der Waals surface area contributed by atoms with Gasteiger partial charge in [-0.3, -0.25) is 4.79 Å². The van der Waals surface area contributed by atoms with Crippen LogP contribution in [-0.2, 0) is 9.63 Å². The lowest BCUT2D eigenvalue weighted by atomic mass is 9.96. The standard InChI is InChI=1S/C6H10F3NO2/c1-5(2,3)4(11)10-12-6(7,8)9/h1-3H3,(H,10,11). The first-order valence-corrected chi connectivity index (χ1v) is 3.18. The van der Waals surface area contributed by atoms with Gasteiger partial charge >= 0.3 is 6.36 Å². The third-order valence-electron chi connectivity index (χ3n) is 0.941. The van der Waals surface area contributed by atoms with Crippen LogP contribution < -0.4 is 5.48 Å². The number of hydroxylamine groups is 1. The van der Waals surface area contributed by atoms with Crippen molar-refractivity contribution in [1.29, 1.82) is 0 Å². The predicted molar refractivity (Wildman–Crippen MR) is 34.7 cm³/mol. The van der Waals surface area contributed by atoms with Crippen LogP contribution in [0.25, 0.3) is 0 Å². The monoisotopic (exact) mass is 185 g/mol. The van der Waals surface area contributed by atoms with Gasteiger partial charge in [0.05, 0.1) is 0 Å². The molecule has 72 valence electrons. The SMILES string of the molecule is CC(C)(C)C(=O)NOC(F)(F)F. The van der Waals surface area contributed by atoms with Crippen molar-refractivity contribution in [1.82, 2.24) is 5.48 Å². The number of rotatable bonds is 1. The predicted octanol–water partition coefficient (Wildman–Crippen LogP) is 1.60. The lowest BCUT2D eigenvalue weighted by molar-refractivity contribution is -0.346. The minimum Gasteiger partial charge on any atom is -0.272 e. The van der Waals surface area contributed by atoms with Gasteiger partial charge in [-0.25, -0.2) is 5.48 Å². The summed E-state index contributed by atoms with van der Waals surface area (Å²) in [5.74, 6) is -0.820. The Morgan fingerprint density at radius 3 is 1.92 bits per heavy atom. The zero-order valence-electron chi connectivity index (χ0n) is 6.95. The second-order valence-corrected chi connectivity index (χ2v) is 3.23. The highest BCUT2D eigenvalue weighted by Gasteiger charge is 2.33. The number of carbonyl (C=O) groups excluding carboxylic acids is 1. The maximum Gasteiger partial charge on any atom is 0.543 e. The van der Waals surface area contributed by atoms with E-state index in [4.69, 9.17) is 0 Å². The Morgan fingerprint density at radius 2 is 1.67 bits per heavy atom. The Morgan fingerprint density at radius 1 is 1.25 bits per heavy atom. The molecule has 0 saturated carbocycles. The maximum atomic E-state index is 11.4. The Hall–Kier alpha value is -0.780. The van der Waals surface area contributed by atoms with E-state index in [0.29, 0.717) is 0 Å². The fourth-order valence-electron chi connectivity index (χ4n) is 0.257. The van der Waals surface area contributed by atoms with E-state index in [1.165, 1.54) is 26.3 Å². The van der Waals surface area contributed by atoms with E-state index in [-0.39, 0.29) is 0 Å². The molecule has 0 atom stereocenters. The van der Waals surface area contributed by atoms with Crippen molar-refractivity contribution in [3.05, 3.63) is 0 Å². The smallest absolute Gasteiger partial charge is 0.272 e. The van der Waals surface area contributed by atoms with Gasteiger partial charge in [-0.15, -0.1) is 13.2 Å². The number of halogens is 3. The van der Waals surface area contributed by atoms with Crippen LogP contribution in [0.4, 0.5) is 13.2 Å². The van der Waals surface area contributed by atoms with Crippen LogP contribution in [0, 0.1) is 5.41 Å². The van der Waals surface area contributed by atoms with Gasteiger partial charge in [-0.1, -0.05) is 20.8 Å². The van der Waals surface area contributed by atoms with E-state index in [2.05, 4.69) is 4.84 Å². The van der Waals surface area contributed by atoms with Crippen molar-refractivity contribution >= 4 is 5.91 Å². The van der Waals surface area contributed by atoms with Crippen LogP contribution in [0.2, 0.25) is 0 Å². The number of amides is 1. The normalized spacial score (nSPS) is 12.8. The molecule has 1 N–H and O–H groups in total. The molecule has 0 heterocycles. The van der Waals surface area contributed by atoms with Crippen molar-refractivity contribution in [2.45, 2.75) is 27.1 Å². The van der Waals surface area contributed by atoms with Crippen molar-refractivity contribution in [3.8, 4) is 0 Å². The van der Waals surface area contributed by atoms with Gasteiger partial charge in [0.15, 0.2) is 0 Å². The summed E-state index contributed by atoms with van der Waals surface area (Å²) in [5, 5.41) is 0. The molecule has 0 aliphatic rings. The molecule has 0 bridgehead atoms. The Balaban J connectivity index is 3.90.